The molecule has 172 valence electrons. The molecular formula is C24H24N8O2. The number of H-pyrrole nitrogens is 1. The van der Waals surface area contributed by atoms with Gasteiger partial charge in [0.1, 0.15) is 23.6 Å². The van der Waals surface area contributed by atoms with Crippen LogP contribution < -0.4 is 25.6 Å². The summed E-state index contributed by atoms with van der Waals surface area (Å²) in [6.45, 7) is 3.88. The molecule has 0 unspecified atom stereocenters. The number of hydrogen-bond acceptors (Lipinski definition) is 8. The summed E-state index contributed by atoms with van der Waals surface area (Å²) < 4.78 is 5.75. The van der Waals surface area contributed by atoms with Gasteiger partial charge in [-0.1, -0.05) is 18.2 Å². The Labute approximate surface area is 196 Å². The van der Waals surface area contributed by atoms with Gasteiger partial charge in [0, 0.05) is 43.6 Å². The van der Waals surface area contributed by atoms with E-state index in [1.54, 1.807) is 6.07 Å². The number of carbonyl (C=O) groups is 1. The maximum atomic E-state index is 12.9. The number of hydrogen-bond donors (Lipinski definition) is 4. The van der Waals surface area contributed by atoms with Crippen molar-refractivity contribution < 1.29 is 9.53 Å². The highest BCUT2D eigenvalue weighted by Crippen LogP contribution is 2.24. The predicted octanol–water partition coefficient (Wildman–Crippen LogP) is 3.40. The van der Waals surface area contributed by atoms with Crippen molar-refractivity contribution in [2.75, 3.05) is 41.7 Å². The van der Waals surface area contributed by atoms with Crippen LogP contribution in [0.5, 0.6) is 11.6 Å². The quantitative estimate of drug-likeness (QED) is 0.334. The van der Waals surface area contributed by atoms with Crippen molar-refractivity contribution in [3.63, 3.8) is 0 Å². The summed E-state index contributed by atoms with van der Waals surface area (Å²) >= 11 is 0. The summed E-state index contributed by atoms with van der Waals surface area (Å²) in [6.07, 6.45) is 2.92. The number of nitrogens with one attached hydrogen (secondary N) is 4. The van der Waals surface area contributed by atoms with Crippen LogP contribution in [0.1, 0.15) is 10.5 Å². The van der Waals surface area contributed by atoms with E-state index in [0.29, 0.717) is 28.8 Å². The molecule has 4 N–H and O–H groups in total. The fourth-order valence-corrected chi connectivity index (χ4v) is 3.64. The molecular weight excluding hydrogens is 432 g/mol. The molecule has 4 aromatic rings. The van der Waals surface area contributed by atoms with Crippen LogP contribution in [-0.4, -0.2) is 52.3 Å². The van der Waals surface area contributed by atoms with E-state index in [1.807, 2.05) is 54.6 Å². The molecule has 2 aromatic carbocycles. The first-order valence-corrected chi connectivity index (χ1v) is 11.0. The lowest BCUT2D eigenvalue weighted by Gasteiger charge is -2.29. The minimum absolute atomic E-state index is 0.287. The Morgan fingerprint density at radius 2 is 1.79 bits per heavy atom. The maximum Gasteiger partial charge on any atom is 0.275 e. The fraction of sp³-hybridized carbons (Fsp3) is 0.167. The Bertz CT molecular complexity index is 1240. The van der Waals surface area contributed by atoms with Crippen LogP contribution in [0, 0.1) is 0 Å². The van der Waals surface area contributed by atoms with Gasteiger partial charge in [-0.25, -0.2) is 9.97 Å². The first-order valence-electron chi connectivity index (χ1n) is 11.0. The molecule has 0 saturated carbocycles. The van der Waals surface area contributed by atoms with Crippen molar-refractivity contribution >= 4 is 28.8 Å². The second-order valence-corrected chi connectivity index (χ2v) is 7.68. The van der Waals surface area contributed by atoms with Crippen LogP contribution in [0.15, 0.2) is 73.2 Å². The molecule has 0 atom stereocenters. The van der Waals surface area contributed by atoms with Crippen molar-refractivity contribution in [1.29, 1.82) is 0 Å². The smallest absolute Gasteiger partial charge is 0.275 e. The van der Waals surface area contributed by atoms with Crippen LogP contribution in [0.4, 0.5) is 22.9 Å². The number of benzene rings is 2. The highest BCUT2D eigenvalue weighted by molar-refractivity contribution is 6.06. The van der Waals surface area contributed by atoms with Gasteiger partial charge in [0.05, 0.1) is 11.9 Å². The minimum Gasteiger partial charge on any atom is -0.439 e. The molecule has 1 amide bonds. The van der Waals surface area contributed by atoms with E-state index < -0.39 is 0 Å². The average Bonchev–Trinajstić information content (AvgIpc) is 3.34. The van der Waals surface area contributed by atoms with E-state index in [9.17, 15) is 4.79 Å². The van der Waals surface area contributed by atoms with Crippen LogP contribution in [0.25, 0.3) is 0 Å². The number of aromatic nitrogens is 4. The third-order valence-electron chi connectivity index (χ3n) is 5.34. The highest BCUT2D eigenvalue weighted by atomic mass is 16.5. The standard InChI is InChI=1S/C24H24N8O2/c33-24(29-17-6-8-18(9-7-17)32-12-10-25-11-13-32)23-20(15-28-31-23)30-21-14-22(27-16-26-21)34-19-4-2-1-3-5-19/h1-9,14-16,25H,10-13H2,(H,28,31)(H,29,33)(H,26,27,30). The molecule has 1 fully saturated rings. The molecule has 1 aliphatic heterocycles. The fourth-order valence-electron chi connectivity index (χ4n) is 3.64. The SMILES string of the molecule is O=C(Nc1ccc(N2CCNCC2)cc1)c1[nH]ncc1Nc1cc(Oc2ccccc2)ncn1. The summed E-state index contributed by atoms with van der Waals surface area (Å²) in [4.78, 5) is 23.5. The topological polar surface area (TPSA) is 120 Å². The van der Waals surface area contributed by atoms with Gasteiger partial charge in [0.25, 0.3) is 5.91 Å². The van der Waals surface area contributed by atoms with Crippen LogP contribution in [0.3, 0.4) is 0 Å². The van der Waals surface area contributed by atoms with Crippen molar-refractivity contribution in [3.05, 3.63) is 78.9 Å². The Morgan fingerprint density at radius 1 is 1.00 bits per heavy atom. The summed E-state index contributed by atoms with van der Waals surface area (Å²) in [5.74, 6) is 1.20. The van der Waals surface area contributed by atoms with Crippen LogP contribution in [-0.2, 0) is 0 Å². The minimum atomic E-state index is -0.315. The Hall–Kier alpha value is -4.44. The van der Waals surface area contributed by atoms with Gasteiger partial charge in [0.2, 0.25) is 5.88 Å². The number of ether oxygens (including phenoxy) is 1. The molecule has 5 rings (SSSR count). The lowest BCUT2D eigenvalue weighted by Crippen LogP contribution is -2.43. The van der Waals surface area contributed by atoms with Crippen molar-refractivity contribution in [2.45, 2.75) is 0 Å². The molecule has 0 spiro atoms. The molecule has 34 heavy (non-hydrogen) atoms. The van der Waals surface area contributed by atoms with Gasteiger partial charge in [-0.15, -0.1) is 0 Å². The molecule has 0 aliphatic carbocycles. The number of rotatable bonds is 7. The Morgan fingerprint density at radius 3 is 2.59 bits per heavy atom. The first kappa shape index (κ1) is 21.4. The van der Waals surface area contributed by atoms with Crippen molar-refractivity contribution in [1.82, 2.24) is 25.5 Å². The molecule has 0 bridgehead atoms. The van der Waals surface area contributed by atoms with Gasteiger partial charge >= 0.3 is 0 Å². The summed E-state index contributed by atoms with van der Waals surface area (Å²) in [5.41, 5.74) is 2.61. The lowest BCUT2D eigenvalue weighted by atomic mass is 10.2. The van der Waals surface area contributed by atoms with E-state index in [1.165, 1.54) is 12.5 Å². The van der Waals surface area contributed by atoms with Crippen molar-refractivity contribution in [2.24, 2.45) is 0 Å². The summed E-state index contributed by atoms with van der Waals surface area (Å²) in [5, 5.41) is 16.1. The monoisotopic (exact) mass is 456 g/mol. The largest absolute Gasteiger partial charge is 0.439 e. The average molecular weight is 457 g/mol. The second-order valence-electron chi connectivity index (χ2n) is 7.68. The zero-order chi connectivity index (χ0) is 23.2. The zero-order valence-corrected chi connectivity index (χ0v) is 18.4. The second kappa shape index (κ2) is 10.0. The zero-order valence-electron chi connectivity index (χ0n) is 18.4. The van der Waals surface area contributed by atoms with Gasteiger partial charge in [-0.3, -0.25) is 9.89 Å². The number of piperazine rings is 1. The molecule has 3 heterocycles. The van der Waals surface area contributed by atoms with E-state index >= 15 is 0 Å². The van der Waals surface area contributed by atoms with E-state index in [2.05, 4.69) is 41.0 Å². The number of amides is 1. The number of anilines is 4. The number of carbonyl (C=O) groups excluding carboxylic acids is 1. The normalized spacial score (nSPS) is 13.4. The van der Waals surface area contributed by atoms with Gasteiger partial charge < -0.3 is 25.6 Å². The van der Waals surface area contributed by atoms with Gasteiger partial charge in [-0.2, -0.15) is 5.10 Å². The first-order chi connectivity index (χ1) is 16.7. The molecule has 1 saturated heterocycles. The molecule has 10 nitrogen and oxygen atoms in total. The van der Waals surface area contributed by atoms with E-state index in [0.717, 1.165) is 31.9 Å². The third-order valence-corrected chi connectivity index (χ3v) is 5.34. The van der Waals surface area contributed by atoms with E-state index in [4.69, 9.17) is 4.74 Å². The summed E-state index contributed by atoms with van der Waals surface area (Å²) in [7, 11) is 0. The van der Waals surface area contributed by atoms with E-state index in [-0.39, 0.29) is 11.6 Å². The van der Waals surface area contributed by atoms with Crippen LogP contribution in [0.2, 0.25) is 0 Å². The van der Waals surface area contributed by atoms with Crippen LogP contribution >= 0.6 is 0 Å². The van der Waals surface area contributed by atoms with Gasteiger partial charge in [0.15, 0.2) is 0 Å². The molecule has 1 aliphatic rings. The number of nitrogens with zero attached hydrogens (tertiary/aromatic N) is 4. The number of para-hydroxylation sites is 1. The Kier molecular flexibility index (Phi) is 6.30. The summed E-state index contributed by atoms with van der Waals surface area (Å²) in [6, 6.07) is 18.8. The highest BCUT2D eigenvalue weighted by Gasteiger charge is 2.16. The predicted molar refractivity (Wildman–Crippen MR) is 130 cm³/mol. The lowest BCUT2D eigenvalue weighted by molar-refractivity contribution is 0.102. The van der Waals surface area contributed by atoms with Gasteiger partial charge in [-0.05, 0) is 36.4 Å². The number of aromatic amines is 1. The Balaban J connectivity index is 1.24. The molecule has 2 aromatic heterocycles. The third kappa shape index (κ3) is 5.13. The van der Waals surface area contributed by atoms with Crippen molar-refractivity contribution in [3.8, 4) is 11.6 Å². The molecule has 0 radical (unpaired) electrons. The maximum absolute atomic E-state index is 12.9. The molecule has 10 heteroatoms.